The van der Waals surface area contributed by atoms with Crippen LogP contribution in [0.4, 0.5) is 0 Å². The number of carboxylic acid groups (broad SMARTS) is 1. The summed E-state index contributed by atoms with van der Waals surface area (Å²) in [5, 5.41) is 11.6. The molecule has 4 fully saturated rings. The monoisotopic (exact) mass is 731 g/mol. The number of halogens is 1. The molecule has 3 heterocycles. The summed E-state index contributed by atoms with van der Waals surface area (Å²) in [6.07, 6.45) is 15.4. The summed E-state index contributed by atoms with van der Waals surface area (Å²) < 4.78 is 9.76. The lowest BCUT2D eigenvalue weighted by molar-refractivity contribution is -0.188. The van der Waals surface area contributed by atoms with Crippen molar-refractivity contribution in [1.82, 2.24) is 14.5 Å². The number of allylic oxidation sites excluding steroid dienone is 1. The standard InChI is InChI=1S/C37H54IN3O4/c1-6-23(4)28-17-36(26-14-29(22(2)3)37(36,34(43)44)35(16-26,21-42)33(28)38)31-15-27(25-10-8-7-9-11-25)30(45-31)19-40-12-13-41-18-24(5)39-32(41)20-40/h14,18,21-23,25-28,30-31,33H,6-13,15-17,19-20H2,1-5H3,(H,43,44)/t23-,26?,27?,28-,30?,31?,33-,35?,36?,37+/m1/s1. The second kappa shape index (κ2) is 11.7. The molecule has 6 unspecified atom stereocenters. The van der Waals surface area contributed by atoms with E-state index in [4.69, 9.17) is 9.72 Å². The van der Waals surface area contributed by atoms with E-state index in [1.807, 2.05) is 0 Å². The fourth-order valence-corrected chi connectivity index (χ4v) is 13.8. The molecule has 0 radical (unpaired) electrons. The van der Waals surface area contributed by atoms with Gasteiger partial charge in [-0.15, -0.1) is 0 Å². The molecule has 0 amide bonds. The molecule has 0 spiro atoms. The van der Waals surface area contributed by atoms with Crippen molar-refractivity contribution in [2.45, 2.75) is 122 Å². The Morgan fingerprint density at radius 1 is 1.20 bits per heavy atom. The van der Waals surface area contributed by atoms with Crippen molar-refractivity contribution in [1.29, 1.82) is 0 Å². The smallest absolute Gasteiger partial charge is 0.315 e. The molecule has 1 aromatic heterocycles. The number of carboxylic acids is 1. The summed E-state index contributed by atoms with van der Waals surface area (Å²) in [6, 6.07) is 0. The van der Waals surface area contributed by atoms with E-state index in [0.717, 1.165) is 68.8 Å². The summed E-state index contributed by atoms with van der Waals surface area (Å²) >= 11 is 2.51. The number of aliphatic carboxylic acids is 1. The zero-order chi connectivity index (χ0) is 31.9. The first-order valence-electron chi connectivity index (χ1n) is 18.0. The number of hydrogen-bond acceptors (Lipinski definition) is 5. The average molecular weight is 732 g/mol. The van der Waals surface area contributed by atoms with E-state index in [1.54, 1.807) is 0 Å². The summed E-state index contributed by atoms with van der Waals surface area (Å²) in [5.41, 5.74) is -0.629. The highest BCUT2D eigenvalue weighted by Gasteiger charge is 2.86. The van der Waals surface area contributed by atoms with E-state index in [2.05, 4.69) is 78.9 Å². The minimum Gasteiger partial charge on any atom is -0.481 e. The van der Waals surface area contributed by atoms with Gasteiger partial charge in [-0.05, 0) is 61.7 Å². The van der Waals surface area contributed by atoms with Crippen LogP contribution in [0.2, 0.25) is 0 Å². The quantitative estimate of drug-likeness (QED) is 0.127. The molecule has 1 saturated heterocycles. The minimum atomic E-state index is -1.21. The van der Waals surface area contributed by atoms with Crippen LogP contribution < -0.4 is 0 Å². The van der Waals surface area contributed by atoms with Gasteiger partial charge in [0.2, 0.25) is 0 Å². The van der Waals surface area contributed by atoms with Gasteiger partial charge in [0.25, 0.3) is 0 Å². The van der Waals surface area contributed by atoms with Crippen molar-refractivity contribution >= 4 is 34.8 Å². The van der Waals surface area contributed by atoms with Crippen LogP contribution in [0.15, 0.2) is 17.8 Å². The zero-order valence-electron chi connectivity index (χ0n) is 28.0. The van der Waals surface area contributed by atoms with Crippen molar-refractivity contribution in [2.24, 2.45) is 51.8 Å². The topological polar surface area (TPSA) is 84.7 Å². The average Bonchev–Trinajstić information content (AvgIpc) is 3.74. The van der Waals surface area contributed by atoms with Gasteiger partial charge in [0.15, 0.2) is 0 Å². The molecule has 6 aliphatic rings. The highest BCUT2D eigenvalue weighted by molar-refractivity contribution is 14.1. The number of carbonyl (C=O) groups excluding carboxylic acids is 1. The third kappa shape index (κ3) is 4.42. The van der Waals surface area contributed by atoms with Crippen molar-refractivity contribution < 1.29 is 19.4 Å². The molecule has 1 aromatic rings. The summed E-state index contributed by atoms with van der Waals surface area (Å²) in [4.78, 5) is 35.1. The van der Waals surface area contributed by atoms with E-state index < -0.39 is 22.2 Å². The lowest BCUT2D eigenvalue weighted by Crippen LogP contribution is -2.66. The number of imidazole rings is 1. The number of hydrogen-bond donors (Lipinski definition) is 1. The Balaban J connectivity index is 1.30. The lowest BCUT2D eigenvalue weighted by Gasteiger charge is -2.60. The maximum absolute atomic E-state index is 14.2. The minimum absolute atomic E-state index is 0.00823. The molecule has 45 heavy (non-hydrogen) atoms. The molecule has 1 N–H and O–H groups in total. The molecule has 3 saturated carbocycles. The Bertz CT molecular complexity index is 1350. The van der Waals surface area contributed by atoms with Crippen LogP contribution in [0.5, 0.6) is 0 Å². The van der Waals surface area contributed by atoms with Crippen molar-refractivity contribution in [3.63, 3.8) is 0 Å². The molecule has 4 aliphatic carbocycles. The van der Waals surface area contributed by atoms with Gasteiger partial charge >= 0.3 is 5.97 Å². The lowest BCUT2D eigenvalue weighted by atomic mass is 9.43. The number of aromatic nitrogens is 2. The second-order valence-electron chi connectivity index (χ2n) is 16.2. The maximum Gasteiger partial charge on any atom is 0.315 e. The fraction of sp³-hybridized carbons (Fsp3) is 0.811. The van der Waals surface area contributed by atoms with Crippen LogP contribution in [0.25, 0.3) is 0 Å². The summed E-state index contributed by atoms with van der Waals surface area (Å²) in [5.74, 6) is 2.24. The first-order valence-corrected chi connectivity index (χ1v) is 19.2. The zero-order valence-corrected chi connectivity index (χ0v) is 30.2. The molecular formula is C37H54IN3O4. The number of ether oxygens (including phenoxy) is 1. The maximum atomic E-state index is 14.2. The fourth-order valence-electron chi connectivity index (χ4n) is 11.9. The van der Waals surface area contributed by atoms with Crippen molar-refractivity contribution in [2.75, 3.05) is 13.1 Å². The highest BCUT2D eigenvalue weighted by Crippen LogP contribution is 2.82. The van der Waals surface area contributed by atoms with Gasteiger partial charge in [0.05, 0.1) is 29.9 Å². The first-order chi connectivity index (χ1) is 21.5. The largest absolute Gasteiger partial charge is 0.481 e. The van der Waals surface area contributed by atoms with E-state index in [9.17, 15) is 14.7 Å². The Morgan fingerprint density at radius 3 is 2.62 bits per heavy atom. The molecule has 8 heteroatoms. The van der Waals surface area contributed by atoms with Gasteiger partial charge in [-0.2, -0.15) is 0 Å². The third-order valence-corrected chi connectivity index (χ3v) is 16.0. The first kappa shape index (κ1) is 32.3. The Hall–Kier alpha value is -1.26. The van der Waals surface area contributed by atoms with Gasteiger partial charge in [0, 0.05) is 35.2 Å². The van der Waals surface area contributed by atoms with Crippen LogP contribution in [0.1, 0.15) is 97.0 Å². The third-order valence-electron chi connectivity index (χ3n) is 14.0. The van der Waals surface area contributed by atoms with Gasteiger partial charge in [-0.25, -0.2) is 4.98 Å². The van der Waals surface area contributed by atoms with Crippen LogP contribution in [0.3, 0.4) is 0 Å². The summed E-state index contributed by atoms with van der Waals surface area (Å²) in [6.45, 7) is 14.6. The van der Waals surface area contributed by atoms with E-state index >= 15 is 0 Å². The van der Waals surface area contributed by atoms with Crippen molar-refractivity contribution in [3.8, 4) is 0 Å². The number of fused-ring (bicyclic) bond motifs is 1. The highest BCUT2D eigenvalue weighted by atomic mass is 127. The van der Waals surface area contributed by atoms with E-state index in [0.29, 0.717) is 24.2 Å². The van der Waals surface area contributed by atoms with Gasteiger partial charge in [0.1, 0.15) is 17.5 Å². The SMILES string of the molecule is CC[C@@H](C)[C@H]1CC2(C3CC(C4CCCCC4)C(CN4CCn5cc(C)nc5C4)O3)C3C=C(C(C)C)[C@]2(C(=O)O)C(C=O)(C3)[C@@H]1I. The molecule has 2 aliphatic heterocycles. The van der Waals surface area contributed by atoms with Gasteiger partial charge in [-0.3, -0.25) is 9.69 Å². The van der Waals surface area contributed by atoms with Crippen LogP contribution in [0, 0.1) is 58.7 Å². The molecule has 0 aromatic carbocycles. The summed E-state index contributed by atoms with van der Waals surface area (Å²) in [7, 11) is 0. The molecule has 248 valence electrons. The normalized spacial score (nSPS) is 42.2. The molecule has 7 rings (SSSR count). The predicted molar refractivity (Wildman–Crippen MR) is 183 cm³/mol. The molecule has 7 nitrogen and oxygen atoms in total. The van der Waals surface area contributed by atoms with Gasteiger partial charge in [-0.1, -0.05) is 100 Å². The van der Waals surface area contributed by atoms with Gasteiger partial charge < -0.3 is 19.2 Å². The number of aryl methyl sites for hydroxylation is 1. The number of nitrogens with zero attached hydrogens (tertiary/aromatic N) is 3. The van der Waals surface area contributed by atoms with Crippen LogP contribution >= 0.6 is 22.6 Å². The number of alkyl halides is 1. The Labute approximate surface area is 283 Å². The van der Waals surface area contributed by atoms with E-state index in [-0.39, 0.29) is 33.9 Å². The molecular weight excluding hydrogens is 677 g/mol. The number of rotatable bonds is 9. The number of aldehydes is 1. The van der Waals surface area contributed by atoms with E-state index in [1.165, 1.54) is 32.1 Å². The van der Waals surface area contributed by atoms with Crippen molar-refractivity contribution in [3.05, 3.63) is 29.4 Å². The Morgan fingerprint density at radius 2 is 1.96 bits per heavy atom. The Kier molecular flexibility index (Phi) is 8.40. The molecule has 4 bridgehead atoms. The molecule has 10 atom stereocenters. The van der Waals surface area contributed by atoms with Crippen LogP contribution in [-0.4, -0.2) is 61.0 Å². The van der Waals surface area contributed by atoms with Crippen LogP contribution in [-0.2, 0) is 27.4 Å². The number of carbonyl (C=O) groups is 2. The predicted octanol–water partition coefficient (Wildman–Crippen LogP) is 7.09. The second-order valence-corrected chi connectivity index (χ2v) is 17.5.